The molecule has 0 saturated heterocycles. The maximum Gasteiger partial charge on any atom is 0.377 e. The lowest BCUT2D eigenvalue weighted by atomic mass is 10.00. The second-order valence-corrected chi connectivity index (χ2v) is 4.86. The first-order valence-corrected chi connectivity index (χ1v) is 6.37. The maximum absolute atomic E-state index is 11.7. The molecule has 1 heterocycles. The molecule has 2 rings (SSSR count). The van der Waals surface area contributed by atoms with Gasteiger partial charge in [-0.2, -0.15) is 5.26 Å². The fourth-order valence-electron chi connectivity index (χ4n) is 2.21. The Hall–Kier alpha value is -2.36. The Labute approximate surface area is 115 Å². The number of nitriles is 1. The molecule has 1 fully saturated rings. The van der Waals surface area contributed by atoms with Crippen LogP contribution in [-0.4, -0.2) is 29.2 Å². The SMILES string of the molecule is Cc1cc(C(=O)OCC(=O)NC2(C#N)CCCC2)on1. The average Bonchev–Trinajstić information content (AvgIpc) is 3.06. The molecule has 0 spiro atoms. The van der Waals surface area contributed by atoms with Gasteiger partial charge >= 0.3 is 5.97 Å². The molecule has 0 bridgehead atoms. The molecule has 7 heteroatoms. The van der Waals surface area contributed by atoms with Crippen molar-refractivity contribution < 1.29 is 18.8 Å². The highest BCUT2D eigenvalue weighted by atomic mass is 16.6. The van der Waals surface area contributed by atoms with Crippen LogP contribution in [0.25, 0.3) is 0 Å². The van der Waals surface area contributed by atoms with E-state index in [2.05, 4.69) is 16.5 Å². The van der Waals surface area contributed by atoms with Crippen LogP contribution in [0.1, 0.15) is 41.9 Å². The van der Waals surface area contributed by atoms with Gasteiger partial charge in [-0.05, 0) is 32.6 Å². The van der Waals surface area contributed by atoms with Gasteiger partial charge in [0.05, 0.1) is 11.8 Å². The number of nitrogens with one attached hydrogen (secondary N) is 1. The highest BCUT2D eigenvalue weighted by Crippen LogP contribution is 2.28. The van der Waals surface area contributed by atoms with E-state index < -0.39 is 24.0 Å². The largest absolute Gasteiger partial charge is 0.450 e. The summed E-state index contributed by atoms with van der Waals surface area (Å²) in [6.07, 6.45) is 3.07. The Balaban J connectivity index is 1.83. The van der Waals surface area contributed by atoms with Crippen molar-refractivity contribution in [2.75, 3.05) is 6.61 Å². The van der Waals surface area contributed by atoms with Gasteiger partial charge in [0.2, 0.25) is 5.76 Å². The lowest BCUT2D eigenvalue weighted by Gasteiger charge is -2.21. The van der Waals surface area contributed by atoms with Crippen LogP contribution in [0.2, 0.25) is 0 Å². The molecule has 1 amide bonds. The van der Waals surface area contributed by atoms with Crippen LogP contribution in [0, 0.1) is 18.3 Å². The highest BCUT2D eigenvalue weighted by Gasteiger charge is 2.35. The van der Waals surface area contributed by atoms with Crippen LogP contribution >= 0.6 is 0 Å². The molecule has 20 heavy (non-hydrogen) atoms. The first-order chi connectivity index (χ1) is 9.54. The van der Waals surface area contributed by atoms with E-state index in [1.165, 1.54) is 6.07 Å². The smallest absolute Gasteiger partial charge is 0.377 e. The zero-order chi connectivity index (χ0) is 14.6. The predicted octanol–water partition coefficient (Wildman–Crippen LogP) is 1.09. The molecule has 0 aromatic carbocycles. The number of hydrogen-bond donors (Lipinski definition) is 1. The van der Waals surface area contributed by atoms with Crippen LogP contribution in [0.3, 0.4) is 0 Å². The minimum Gasteiger partial charge on any atom is -0.450 e. The van der Waals surface area contributed by atoms with E-state index in [0.717, 1.165) is 12.8 Å². The van der Waals surface area contributed by atoms with Crippen LogP contribution in [0.15, 0.2) is 10.6 Å². The Bertz CT molecular complexity index is 552. The summed E-state index contributed by atoms with van der Waals surface area (Å²) < 4.78 is 9.53. The van der Waals surface area contributed by atoms with E-state index in [1.807, 2.05) is 0 Å². The van der Waals surface area contributed by atoms with Gasteiger partial charge in [-0.3, -0.25) is 4.79 Å². The molecule has 0 unspecified atom stereocenters. The number of ether oxygens (including phenoxy) is 1. The van der Waals surface area contributed by atoms with Crippen molar-refractivity contribution in [1.29, 1.82) is 5.26 Å². The van der Waals surface area contributed by atoms with Crippen molar-refractivity contribution in [3.63, 3.8) is 0 Å². The van der Waals surface area contributed by atoms with Gasteiger partial charge in [0.25, 0.3) is 5.91 Å². The second kappa shape index (κ2) is 5.74. The van der Waals surface area contributed by atoms with E-state index in [0.29, 0.717) is 18.5 Å². The molecule has 1 aromatic heterocycles. The lowest BCUT2D eigenvalue weighted by Crippen LogP contribution is -2.46. The Kier molecular flexibility index (Phi) is 4.03. The zero-order valence-electron chi connectivity index (χ0n) is 11.1. The van der Waals surface area contributed by atoms with Gasteiger partial charge in [-0.15, -0.1) is 0 Å². The standard InChI is InChI=1S/C13H15N3O4/c1-9-6-10(20-16-9)12(18)19-7-11(17)15-13(8-14)4-2-3-5-13/h6H,2-5,7H2,1H3,(H,15,17). The summed E-state index contributed by atoms with van der Waals surface area (Å²) >= 11 is 0. The third kappa shape index (κ3) is 3.15. The Morgan fingerprint density at radius 3 is 2.80 bits per heavy atom. The molecule has 7 nitrogen and oxygen atoms in total. The molecule has 1 aliphatic carbocycles. The predicted molar refractivity (Wildman–Crippen MR) is 66.5 cm³/mol. The Morgan fingerprint density at radius 2 is 2.25 bits per heavy atom. The first kappa shape index (κ1) is 14.1. The lowest BCUT2D eigenvalue weighted by molar-refractivity contribution is -0.125. The minimum absolute atomic E-state index is 0.0498. The van der Waals surface area contributed by atoms with Gasteiger partial charge < -0.3 is 14.6 Å². The van der Waals surface area contributed by atoms with Crippen LogP contribution in [0.5, 0.6) is 0 Å². The number of hydrogen-bond acceptors (Lipinski definition) is 6. The summed E-state index contributed by atoms with van der Waals surface area (Å²) in [7, 11) is 0. The third-order valence-electron chi connectivity index (χ3n) is 3.21. The molecule has 1 N–H and O–H groups in total. The molecule has 1 saturated carbocycles. The van der Waals surface area contributed by atoms with Gasteiger partial charge in [0.15, 0.2) is 6.61 Å². The maximum atomic E-state index is 11.7. The summed E-state index contributed by atoms with van der Waals surface area (Å²) in [4.78, 5) is 23.3. The van der Waals surface area contributed by atoms with Crippen LogP contribution in [-0.2, 0) is 9.53 Å². The van der Waals surface area contributed by atoms with Gasteiger partial charge in [-0.25, -0.2) is 4.79 Å². The number of amides is 1. The number of rotatable bonds is 4. The monoisotopic (exact) mass is 277 g/mol. The van der Waals surface area contributed by atoms with E-state index in [-0.39, 0.29) is 5.76 Å². The first-order valence-electron chi connectivity index (χ1n) is 6.37. The number of carbonyl (C=O) groups is 2. The molecule has 0 radical (unpaired) electrons. The molecular formula is C13H15N3O4. The van der Waals surface area contributed by atoms with Crippen molar-refractivity contribution in [2.24, 2.45) is 0 Å². The van der Waals surface area contributed by atoms with Crippen LogP contribution in [0.4, 0.5) is 0 Å². The quantitative estimate of drug-likeness (QED) is 0.826. The second-order valence-electron chi connectivity index (χ2n) is 4.86. The van der Waals surface area contributed by atoms with Crippen molar-refractivity contribution in [3.05, 3.63) is 17.5 Å². The molecule has 0 aliphatic heterocycles. The molecule has 1 aromatic rings. The fraction of sp³-hybridized carbons (Fsp3) is 0.538. The molecular weight excluding hydrogens is 262 g/mol. The molecule has 1 aliphatic rings. The topological polar surface area (TPSA) is 105 Å². The Morgan fingerprint density at radius 1 is 1.55 bits per heavy atom. The summed E-state index contributed by atoms with van der Waals surface area (Å²) in [6, 6.07) is 3.55. The summed E-state index contributed by atoms with van der Waals surface area (Å²) in [5, 5.41) is 15.3. The summed E-state index contributed by atoms with van der Waals surface area (Å²) in [6.45, 7) is 1.23. The van der Waals surface area contributed by atoms with E-state index in [1.54, 1.807) is 6.92 Å². The number of nitrogens with zero attached hydrogens (tertiary/aromatic N) is 2. The summed E-state index contributed by atoms with van der Waals surface area (Å²) in [5.41, 5.74) is -0.262. The van der Waals surface area contributed by atoms with E-state index in [4.69, 9.17) is 14.5 Å². The molecule has 106 valence electrons. The van der Waals surface area contributed by atoms with Gasteiger partial charge in [0, 0.05) is 6.07 Å². The number of esters is 1. The van der Waals surface area contributed by atoms with E-state index >= 15 is 0 Å². The van der Waals surface area contributed by atoms with Crippen molar-refractivity contribution in [1.82, 2.24) is 10.5 Å². The highest BCUT2D eigenvalue weighted by molar-refractivity contribution is 5.89. The number of aromatic nitrogens is 1. The number of aryl methyl sites for hydroxylation is 1. The van der Waals surface area contributed by atoms with Gasteiger partial charge in [0.1, 0.15) is 5.54 Å². The third-order valence-corrected chi connectivity index (χ3v) is 3.21. The minimum atomic E-state index is -0.813. The van der Waals surface area contributed by atoms with Gasteiger partial charge in [-0.1, -0.05) is 5.16 Å². The zero-order valence-corrected chi connectivity index (χ0v) is 11.1. The van der Waals surface area contributed by atoms with Crippen molar-refractivity contribution >= 4 is 11.9 Å². The van der Waals surface area contributed by atoms with Crippen LogP contribution < -0.4 is 5.32 Å². The van der Waals surface area contributed by atoms with Crippen molar-refractivity contribution in [2.45, 2.75) is 38.1 Å². The summed E-state index contributed by atoms with van der Waals surface area (Å²) in [5.74, 6) is -1.29. The van der Waals surface area contributed by atoms with Crippen molar-refractivity contribution in [3.8, 4) is 6.07 Å². The number of carbonyl (C=O) groups excluding carboxylic acids is 2. The average molecular weight is 277 g/mol. The normalized spacial score (nSPS) is 16.4. The fourth-order valence-corrected chi connectivity index (χ4v) is 2.21. The van der Waals surface area contributed by atoms with E-state index in [9.17, 15) is 9.59 Å². The molecule has 0 atom stereocenters.